The number of carboxylic acid groups (broad SMARTS) is 1. The topological polar surface area (TPSA) is 88.4 Å². The van der Waals surface area contributed by atoms with E-state index in [1.807, 2.05) is 11.9 Å². The summed E-state index contributed by atoms with van der Waals surface area (Å²) in [6.45, 7) is 1.54. The first kappa shape index (κ1) is 16.3. The molecule has 3 rings (SSSR count). The molecule has 0 aromatic carbocycles. The highest BCUT2D eigenvalue weighted by atomic mass is 16.5. The van der Waals surface area contributed by atoms with Crippen molar-refractivity contribution in [1.82, 2.24) is 15.0 Å². The lowest BCUT2D eigenvalue weighted by Gasteiger charge is -2.27. The first-order valence-corrected chi connectivity index (χ1v) is 7.99. The molecule has 0 radical (unpaired) electrons. The average Bonchev–Trinajstić information content (AvgIpc) is 2.63. The minimum Gasteiger partial charge on any atom is -0.478 e. The number of hydrogen-bond acceptors (Lipinski definition) is 6. The second-order valence-corrected chi connectivity index (χ2v) is 5.85. The van der Waals surface area contributed by atoms with Crippen molar-refractivity contribution in [2.24, 2.45) is 0 Å². The predicted octanol–water partition coefficient (Wildman–Crippen LogP) is 2.24. The molecule has 24 heavy (non-hydrogen) atoms. The smallest absolute Gasteiger partial charge is 0.335 e. The molecule has 1 atom stereocenters. The second-order valence-electron chi connectivity index (χ2n) is 5.85. The van der Waals surface area contributed by atoms with Crippen molar-refractivity contribution in [1.29, 1.82) is 0 Å². The first-order valence-electron chi connectivity index (χ1n) is 7.99. The van der Waals surface area contributed by atoms with Crippen LogP contribution < -0.4 is 4.90 Å². The van der Waals surface area contributed by atoms with Crippen LogP contribution in [0.25, 0.3) is 11.4 Å². The second kappa shape index (κ2) is 7.35. The number of likely N-dealkylation sites (N-methyl/N-ethyl adjacent to an activating group) is 1. The Balaban J connectivity index is 1.78. The van der Waals surface area contributed by atoms with E-state index < -0.39 is 5.97 Å². The fourth-order valence-corrected chi connectivity index (χ4v) is 2.72. The minimum atomic E-state index is -0.987. The predicted molar refractivity (Wildman–Crippen MR) is 89.1 cm³/mol. The Hall–Kier alpha value is -2.54. The lowest BCUT2D eigenvalue weighted by atomic mass is 10.1. The third kappa shape index (κ3) is 3.86. The molecule has 1 N–H and O–H groups in total. The summed E-state index contributed by atoms with van der Waals surface area (Å²) >= 11 is 0. The molecule has 0 spiro atoms. The Bertz CT molecular complexity index is 716. The van der Waals surface area contributed by atoms with Crippen LogP contribution >= 0.6 is 0 Å². The zero-order chi connectivity index (χ0) is 16.9. The summed E-state index contributed by atoms with van der Waals surface area (Å²) in [7, 11) is 1.93. The molecule has 2 aromatic rings. The van der Waals surface area contributed by atoms with E-state index in [9.17, 15) is 4.79 Å². The van der Waals surface area contributed by atoms with Gasteiger partial charge in [0.15, 0.2) is 0 Å². The molecule has 0 aliphatic carbocycles. The normalized spacial score (nSPS) is 17.5. The van der Waals surface area contributed by atoms with Crippen molar-refractivity contribution in [3.05, 3.63) is 36.2 Å². The Morgan fingerprint density at radius 3 is 2.88 bits per heavy atom. The van der Waals surface area contributed by atoms with Gasteiger partial charge in [-0.05, 0) is 37.5 Å². The van der Waals surface area contributed by atoms with Crippen LogP contribution in [0.3, 0.4) is 0 Å². The van der Waals surface area contributed by atoms with Crippen molar-refractivity contribution in [2.45, 2.75) is 25.4 Å². The van der Waals surface area contributed by atoms with E-state index in [2.05, 4.69) is 15.0 Å². The van der Waals surface area contributed by atoms with E-state index >= 15 is 0 Å². The summed E-state index contributed by atoms with van der Waals surface area (Å²) < 4.78 is 5.75. The van der Waals surface area contributed by atoms with Crippen LogP contribution in [-0.4, -0.2) is 52.3 Å². The molecule has 0 amide bonds. The molecule has 7 heteroatoms. The third-order valence-electron chi connectivity index (χ3n) is 4.01. The number of rotatable bonds is 5. The maximum atomic E-state index is 11.1. The molecule has 1 aliphatic rings. The third-order valence-corrected chi connectivity index (χ3v) is 4.01. The first-order chi connectivity index (χ1) is 11.6. The van der Waals surface area contributed by atoms with Gasteiger partial charge in [0.05, 0.1) is 23.1 Å². The molecular formula is C17H20N4O3. The van der Waals surface area contributed by atoms with Gasteiger partial charge in [-0.3, -0.25) is 4.98 Å². The van der Waals surface area contributed by atoms with Gasteiger partial charge in [0, 0.05) is 32.6 Å². The maximum absolute atomic E-state index is 11.1. The molecule has 2 aromatic heterocycles. The van der Waals surface area contributed by atoms with E-state index in [0.717, 1.165) is 26.0 Å². The zero-order valence-corrected chi connectivity index (χ0v) is 13.6. The minimum absolute atomic E-state index is 0.184. The Kier molecular flexibility index (Phi) is 5.00. The van der Waals surface area contributed by atoms with E-state index in [1.54, 1.807) is 12.3 Å². The molecule has 0 bridgehead atoms. The number of aromatic carboxylic acids is 1. The molecule has 7 nitrogen and oxygen atoms in total. The van der Waals surface area contributed by atoms with E-state index in [4.69, 9.17) is 9.84 Å². The Labute approximate surface area is 140 Å². The molecular weight excluding hydrogens is 308 g/mol. The van der Waals surface area contributed by atoms with Crippen LogP contribution in [0.5, 0.6) is 0 Å². The molecule has 0 saturated carbocycles. The summed E-state index contributed by atoms with van der Waals surface area (Å²) in [4.78, 5) is 26.1. The molecule has 1 fully saturated rings. The summed E-state index contributed by atoms with van der Waals surface area (Å²) in [5.41, 5.74) is 1.30. The van der Waals surface area contributed by atoms with Crippen molar-refractivity contribution < 1.29 is 14.6 Å². The van der Waals surface area contributed by atoms with E-state index in [1.165, 1.54) is 24.8 Å². The van der Waals surface area contributed by atoms with Gasteiger partial charge in [0.1, 0.15) is 0 Å². The fraction of sp³-hybridized carbons (Fsp3) is 0.412. The number of ether oxygens (including phenoxy) is 1. The monoisotopic (exact) mass is 328 g/mol. The number of carbonyl (C=O) groups is 1. The van der Waals surface area contributed by atoms with Crippen molar-refractivity contribution >= 4 is 11.9 Å². The highest BCUT2D eigenvalue weighted by Crippen LogP contribution is 2.19. The fourth-order valence-electron chi connectivity index (χ4n) is 2.72. The van der Waals surface area contributed by atoms with E-state index in [-0.39, 0.29) is 11.7 Å². The SMILES string of the molecule is CN(CC1CCCCO1)c1nccc(-c2cc(C(=O)O)ccn2)n1. The summed E-state index contributed by atoms with van der Waals surface area (Å²) in [5.74, 6) is -0.413. The molecule has 126 valence electrons. The van der Waals surface area contributed by atoms with Crippen molar-refractivity contribution in [3.8, 4) is 11.4 Å². The maximum Gasteiger partial charge on any atom is 0.335 e. The lowest BCUT2D eigenvalue weighted by Crippen LogP contribution is -2.34. The Morgan fingerprint density at radius 2 is 2.12 bits per heavy atom. The van der Waals surface area contributed by atoms with Crippen molar-refractivity contribution in [2.75, 3.05) is 25.1 Å². The largest absolute Gasteiger partial charge is 0.478 e. The quantitative estimate of drug-likeness (QED) is 0.900. The van der Waals surface area contributed by atoms with E-state index in [0.29, 0.717) is 17.3 Å². The molecule has 1 unspecified atom stereocenters. The van der Waals surface area contributed by atoms with Gasteiger partial charge in [0.25, 0.3) is 0 Å². The summed E-state index contributed by atoms with van der Waals surface area (Å²) in [6.07, 6.45) is 6.69. The highest BCUT2D eigenvalue weighted by molar-refractivity contribution is 5.88. The molecule has 3 heterocycles. The van der Waals surface area contributed by atoms with Crippen LogP contribution in [-0.2, 0) is 4.74 Å². The highest BCUT2D eigenvalue weighted by Gasteiger charge is 2.18. The van der Waals surface area contributed by atoms with Gasteiger partial charge in [-0.15, -0.1) is 0 Å². The number of anilines is 1. The number of carboxylic acids is 1. The van der Waals surface area contributed by atoms with Gasteiger partial charge in [-0.25, -0.2) is 14.8 Å². The van der Waals surface area contributed by atoms with Crippen LogP contribution in [0.1, 0.15) is 29.6 Å². The number of pyridine rings is 1. The van der Waals surface area contributed by atoms with Gasteiger partial charge in [-0.2, -0.15) is 0 Å². The molecule has 1 aliphatic heterocycles. The Morgan fingerprint density at radius 1 is 1.29 bits per heavy atom. The van der Waals surface area contributed by atoms with Gasteiger partial charge in [0.2, 0.25) is 5.95 Å². The number of aromatic nitrogens is 3. The number of hydrogen-bond donors (Lipinski definition) is 1. The average molecular weight is 328 g/mol. The van der Waals surface area contributed by atoms with Crippen LogP contribution in [0.2, 0.25) is 0 Å². The summed E-state index contributed by atoms with van der Waals surface area (Å²) in [5, 5.41) is 9.10. The zero-order valence-electron chi connectivity index (χ0n) is 13.6. The van der Waals surface area contributed by atoms with Crippen LogP contribution in [0, 0.1) is 0 Å². The van der Waals surface area contributed by atoms with Crippen LogP contribution in [0.15, 0.2) is 30.6 Å². The van der Waals surface area contributed by atoms with Crippen LogP contribution in [0.4, 0.5) is 5.95 Å². The number of nitrogens with zero attached hydrogens (tertiary/aromatic N) is 4. The van der Waals surface area contributed by atoms with Gasteiger partial charge < -0.3 is 14.7 Å². The van der Waals surface area contributed by atoms with Gasteiger partial charge in [-0.1, -0.05) is 0 Å². The summed E-state index contributed by atoms with van der Waals surface area (Å²) in [6, 6.07) is 4.70. The lowest BCUT2D eigenvalue weighted by molar-refractivity contribution is 0.0214. The van der Waals surface area contributed by atoms with Crippen molar-refractivity contribution in [3.63, 3.8) is 0 Å². The molecule has 1 saturated heterocycles. The van der Waals surface area contributed by atoms with Gasteiger partial charge >= 0.3 is 5.97 Å². The standard InChI is InChI=1S/C17H20N4O3/c1-21(11-13-4-2-3-9-24-13)17-19-8-6-14(20-17)15-10-12(16(22)23)5-7-18-15/h5-8,10,13H,2-4,9,11H2,1H3,(H,22,23).